The van der Waals surface area contributed by atoms with Crippen molar-refractivity contribution in [3.05, 3.63) is 25.4 Å². The Bertz CT molecular complexity index is 140. The van der Waals surface area contributed by atoms with Crippen LogP contribution in [0.2, 0.25) is 0 Å². The minimum absolute atomic E-state index is 1.53. The van der Waals surface area contributed by atoms with E-state index in [-0.39, 0.29) is 0 Å². The van der Waals surface area contributed by atoms with E-state index in [1.165, 1.54) is 0 Å². The quantitative estimate of drug-likeness (QED) is 0.172. The lowest BCUT2D eigenvalue weighted by Gasteiger charge is -1.81. The summed E-state index contributed by atoms with van der Waals surface area (Å²) in [5.41, 5.74) is 0. The molecule has 0 bridgehead atoms. The summed E-state index contributed by atoms with van der Waals surface area (Å²) in [4.78, 5) is 24.5. The zero-order valence-corrected chi connectivity index (χ0v) is 6.69. The average molecular weight is 219 g/mol. The normalized spacial score (nSPS) is 5.71. The topological polar surface area (TPSA) is 251 Å². The molecule has 0 aliphatic rings. The summed E-state index contributed by atoms with van der Waals surface area (Å²) in [5.74, 6) is 9.25. The van der Waals surface area contributed by atoms with Crippen molar-refractivity contribution in [2.45, 2.75) is 0 Å². The molecule has 0 aromatic carbocycles. The Labute approximate surface area is 75.5 Å². The third-order valence-corrected chi connectivity index (χ3v) is 0.149. The van der Waals surface area contributed by atoms with Gasteiger partial charge in [-0.15, -0.1) is 0 Å². The summed E-state index contributed by atoms with van der Waals surface area (Å²) < 4.78 is 0. The van der Waals surface area contributed by atoms with Crippen LogP contribution >= 0.6 is 0 Å². The lowest BCUT2D eigenvalue weighted by atomic mass is 11.3. The first-order chi connectivity index (χ1) is 6.37. The SMILES string of the molecule is N[NH3+].O=C([O-])[N+](=O)[O-].O=[N+]([O-])[O-].[NH3+]O. The molecule has 1 amide bonds. The maximum Gasteiger partial charge on any atom is 0.401 e. The summed E-state index contributed by atoms with van der Waals surface area (Å²) in [6, 6.07) is 0. The highest BCUT2D eigenvalue weighted by Gasteiger charge is 1.91. The molecule has 86 valence electrons. The van der Waals surface area contributed by atoms with Crippen LogP contribution in [0.15, 0.2) is 0 Å². The zero-order valence-electron chi connectivity index (χ0n) is 6.69. The Hall–Kier alpha value is -2.09. The third-order valence-electron chi connectivity index (χ3n) is 0.149. The van der Waals surface area contributed by atoms with Crippen molar-refractivity contribution in [3.63, 3.8) is 0 Å². The van der Waals surface area contributed by atoms with Crippen LogP contribution in [0.1, 0.15) is 0 Å². The van der Waals surface area contributed by atoms with E-state index in [9.17, 15) is 0 Å². The van der Waals surface area contributed by atoms with Crippen molar-refractivity contribution >= 4 is 6.09 Å². The molecule has 0 unspecified atom stereocenters. The number of amides is 1. The fraction of sp³-hybridized carbons (Fsp3) is 0. The maximum absolute atomic E-state index is 8.89. The molecule has 0 atom stereocenters. The van der Waals surface area contributed by atoms with Gasteiger partial charge in [0.15, 0.2) is 0 Å². The van der Waals surface area contributed by atoms with Gasteiger partial charge in [-0.1, -0.05) is 0 Å². The van der Waals surface area contributed by atoms with Crippen LogP contribution in [0.25, 0.3) is 0 Å². The Balaban J connectivity index is -0.0000000546. The molecule has 9 N–H and O–H groups in total. The minimum Gasteiger partial charge on any atom is -0.486 e. The molecule has 0 aromatic rings. The molecule has 0 radical (unpaired) electrons. The largest absolute Gasteiger partial charge is 0.486 e. The Kier molecular flexibility index (Phi) is 36.3. The first-order valence-corrected chi connectivity index (χ1v) is 2.27. The second kappa shape index (κ2) is 22.4. The second-order valence-electron chi connectivity index (χ2n) is 0.747. The van der Waals surface area contributed by atoms with E-state index in [2.05, 4.69) is 17.6 Å². The van der Waals surface area contributed by atoms with Crippen LogP contribution < -0.4 is 22.7 Å². The van der Waals surface area contributed by atoms with E-state index < -0.39 is 16.1 Å². The lowest BCUT2D eigenvalue weighted by molar-refractivity contribution is -0.670. The number of hydrogen-bond donors (Lipinski definition) is 4. The number of nitrogens with zero attached hydrogens (tertiary/aromatic N) is 2. The van der Waals surface area contributed by atoms with E-state index in [0.29, 0.717) is 0 Å². The van der Waals surface area contributed by atoms with E-state index >= 15 is 0 Å². The van der Waals surface area contributed by atoms with Crippen molar-refractivity contribution in [3.8, 4) is 0 Å². The second-order valence-corrected chi connectivity index (χ2v) is 0.747. The van der Waals surface area contributed by atoms with Crippen LogP contribution in [-0.2, 0) is 0 Å². The molecule has 0 spiro atoms. The van der Waals surface area contributed by atoms with Crippen molar-refractivity contribution in [2.75, 3.05) is 0 Å². The van der Waals surface area contributed by atoms with E-state index in [1.807, 2.05) is 0 Å². The summed E-state index contributed by atoms with van der Waals surface area (Å²) in [7, 11) is 0. The van der Waals surface area contributed by atoms with Gasteiger partial charge in [0.25, 0.3) is 0 Å². The predicted molar refractivity (Wildman–Crippen MR) is 34.5 cm³/mol. The smallest absolute Gasteiger partial charge is 0.401 e. The zero-order chi connectivity index (χ0) is 12.7. The number of carboxylic acid groups (broad SMARTS) is 1. The van der Waals surface area contributed by atoms with E-state index in [1.54, 1.807) is 0 Å². The molecule has 0 aliphatic heterocycles. The standard InChI is InChI=1S/CHNO4.H4N2.NO3.H4NO/c3-1(4)2(5)6;1-2;2-1(3)4;1-2/h(H,3,4);1-2H2;;2H,1H3/q;;-1;+1. The van der Waals surface area contributed by atoms with Crippen LogP contribution in [-0.4, -0.2) is 21.3 Å². The Morgan fingerprint density at radius 2 is 1.21 bits per heavy atom. The van der Waals surface area contributed by atoms with Crippen molar-refractivity contribution in [1.29, 1.82) is 0 Å². The maximum atomic E-state index is 8.89. The molecular weight excluding hydrogens is 210 g/mol. The van der Waals surface area contributed by atoms with E-state index in [0.717, 1.165) is 0 Å². The molecule has 0 saturated heterocycles. The number of carbonyl (C=O) groups is 1. The predicted octanol–water partition coefficient (Wildman–Crippen LogP) is -4.91. The highest BCUT2D eigenvalue weighted by Crippen LogP contribution is 1.58. The van der Waals surface area contributed by atoms with Gasteiger partial charge in [0, 0.05) is 0 Å². The number of nitro groups is 1. The molecule has 0 aromatic heterocycles. The summed E-state index contributed by atoms with van der Waals surface area (Å²) >= 11 is 0. The van der Waals surface area contributed by atoms with Crippen LogP contribution in [0, 0.1) is 25.4 Å². The molecule has 0 fully saturated rings. The molecular formula is CH9N5O8. The van der Waals surface area contributed by atoms with Gasteiger partial charge in [0.05, 0.1) is 10.0 Å². The van der Waals surface area contributed by atoms with Crippen LogP contribution in [0.4, 0.5) is 4.79 Å². The highest BCUT2D eigenvalue weighted by molar-refractivity contribution is 5.51. The first-order valence-electron chi connectivity index (χ1n) is 2.27. The summed E-state index contributed by atoms with van der Waals surface area (Å²) in [6.45, 7) is 0. The van der Waals surface area contributed by atoms with Crippen LogP contribution in [0.5, 0.6) is 0 Å². The van der Waals surface area contributed by atoms with Crippen molar-refractivity contribution in [2.24, 2.45) is 5.84 Å². The summed E-state index contributed by atoms with van der Waals surface area (Å²) in [6.07, 6.45) is -2.27. The van der Waals surface area contributed by atoms with Gasteiger partial charge in [0.2, 0.25) is 0 Å². The van der Waals surface area contributed by atoms with Crippen molar-refractivity contribution < 1.29 is 36.9 Å². The number of rotatable bonds is 0. The average Bonchev–Trinajstić information content (AvgIpc) is 2.10. The number of carbonyl (C=O) groups excluding carboxylic acids is 1. The fourth-order valence-electron chi connectivity index (χ4n) is 0. The molecule has 0 rings (SSSR count). The Morgan fingerprint density at radius 3 is 1.21 bits per heavy atom. The van der Waals surface area contributed by atoms with Gasteiger partial charge < -0.3 is 25.2 Å². The summed E-state index contributed by atoms with van der Waals surface area (Å²) in [5, 5.41) is 39.2. The molecule has 14 heavy (non-hydrogen) atoms. The van der Waals surface area contributed by atoms with Gasteiger partial charge in [-0.2, -0.15) is 5.84 Å². The Morgan fingerprint density at radius 1 is 1.14 bits per heavy atom. The molecule has 13 nitrogen and oxygen atoms in total. The van der Waals surface area contributed by atoms with Gasteiger partial charge >= 0.3 is 6.09 Å². The van der Waals surface area contributed by atoms with Crippen LogP contribution in [0.3, 0.4) is 0 Å². The minimum atomic E-state index is -2.27. The van der Waals surface area contributed by atoms with Gasteiger partial charge in [-0.05, 0) is 0 Å². The molecule has 0 heterocycles. The molecule has 0 aliphatic carbocycles. The lowest BCUT2D eigenvalue weighted by Crippen LogP contribution is -2.59. The van der Waals surface area contributed by atoms with Gasteiger partial charge in [0.1, 0.15) is 0 Å². The monoisotopic (exact) mass is 219 g/mol. The number of hydrogen-bond acceptors (Lipinski definition) is 9. The first kappa shape index (κ1) is 22.7. The van der Waals surface area contributed by atoms with Gasteiger partial charge in [-0.25, -0.2) is 11.1 Å². The number of quaternary nitrogens is 2. The molecule has 0 saturated carbocycles. The van der Waals surface area contributed by atoms with Crippen molar-refractivity contribution in [1.82, 2.24) is 0 Å². The van der Waals surface area contributed by atoms with Gasteiger partial charge in [-0.3, -0.25) is 16.0 Å². The van der Waals surface area contributed by atoms with E-state index in [4.69, 9.17) is 40.5 Å². The number of nitrogens with two attached hydrogens (primary N) is 1. The molecule has 13 heteroatoms. The third kappa shape index (κ3) is 216. The fourth-order valence-corrected chi connectivity index (χ4v) is 0. The highest BCUT2D eigenvalue weighted by atomic mass is 16.9.